The molecule has 0 amide bonds. The van der Waals surface area contributed by atoms with Crippen LogP contribution in [0.4, 0.5) is 0 Å². The van der Waals surface area contributed by atoms with Crippen molar-refractivity contribution in [3.8, 4) is 0 Å². The van der Waals surface area contributed by atoms with Crippen LogP contribution in [0.3, 0.4) is 0 Å². The SMILES string of the molecule is COC(=O)CC1C(C)(C)C(O)C2CC3=C4C=C(OC)OC(c5ccoc5)[C@]4(C)CCC3[C@@]1(C)C2=O. The van der Waals surface area contributed by atoms with E-state index in [1.807, 2.05) is 32.9 Å². The van der Waals surface area contributed by atoms with Crippen LogP contribution in [-0.2, 0) is 23.8 Å². The molecule has 2 heterocycles. The van der Waals surface area contributed by atoms with Crippen LogP contribution in [0.5, 0.6) is 0 Å². The fourth-order valence-corrected chi connectivity index (χ4v) is 7.91. The molecule has 0 spiro atoms. The zero-order valence-corrected chi connectivity index (χ0v) is 21.4. The summed E-state index contributed by atoms with van der Waals surface area (Å²) in [4.78, 5) is 26.5. The number of fused-ring (bicyclic) bond motifs is 5. The number of Topliss-reactive ketones (excluding diaryl/α,β-unsaturated/α-hetero) is 1. The highest BCUT2D eigenvalue weighted by Crippen LogP contribution is 2.67. The van der Waals surface area contributed by atoms with Crippen LogP contribution in [-0.4, -0.2) is 37.2 Å². The number of carbonyl (C=O) groups excluding carboxylic acids is 2. The van der Waals surface area contributed by atoms with Gasteiger partial charge in [-0.25, -0.2) is 0 Å². The molecule has 0 saturated heterocycles. The number of allylic oxidation sites excluding steroid dienone is 2. The molecule has 5 rings (SSSR count). The minimum atomic E-state index is -0.852. The number of aliphatic hydroxyl groups is 1. The number of furan rings is 1. The third-order valence-electron chi connectivity index (χ3n) is 9.85. The monoisotopic (exact) mass is 484 g/mol. The van der Waals surface area contributed by atoms with Gasteiger partial charge in [0.05, 0.1) is 32.8 Å². The quantitative estimate of drug-likeness (QED) is 0.618. The predicted molar refractivity (Wildman–Crippen MR) is 127 cm³/mol. The second-order valence-corrected chi connectivity index (χ2v) is 11.7. The highest BCUT2D eigenvalue weighted by Gasteiger charge is 2.67. The van der Waals surface area contributed by atoms with Gasteiger partial charge in [0.1, 0.15) is 11.9 Å². The van der Waals surface area contributed by atoms with E-state index in [-0.39, 0.29) is 41.5 Å². The first-order valence-corrected chi connectivity index (χ1v) is 12.5. The molecule has 7 heteroatoms. The number of carbonyl (C=O) groups is 2. The number of esters is 1. The van der Waals surface area contributed by atoms with Gasteiger partial charge in [-0.15, -0.1) is 0 Å². The van der Waals surface area contributed by atoms with Crippen LogP contribution < -0.4 is 0 Å². The summed E-state index contributed by atoms with van der Waals surface area (Å²) in [5, 5.41) is 11.5. The standard InChI is InChI=1S/C28H36O7/c1-26(2)20(13-21(29)32-5)28(4)18-7-9-27(3)19(16(18)11-17(23(26)30)24(28)31)12-22(33-6)35-25(27)15-8-10-34-14-15/h8,10,12,14,17-18,20,23,25,30H,7,9,11,13H2,1-6H3/t17?,18?,20?,23?,25?,27-,28-/m1/s1. The average molecular weight is 485 g/mol. The van der Waals surface area contributed by atoms with E-state index in [1.165, 1.54) is 12.7 Å². The summed E-state index contributed by atoms with van der Waals surface area (Å²) < 4.78 is 22.3. The topological polar surface area (TPSA) is 95.2 Å². The largest absolute Gasteiger partial charge is 0.472 e. The van der Waals surface area contributed by atoms with E-state index in [2.05, 4.69) is 6.92 Å². The highest BCUT2D eigenvalue weighted by molar-refractivity contribution is 5.92. The lowest BCUT2D eigenvalue weighted by Crippen LogP contribution is -2.66. The van der Waals surface area contributed by atoms with Crippen molar-refractivity contribution in [3.63, 3.8) is 0 Å². The molecule has 1 aromatic heterocycles. The lowest BCUT2D eigenvalue weighted by atomic mass is 9.41. The molecule has 0 aromatic carbocycles. The Morgan fingerprint density at radius 2 is 1.97 bits per heavy atom. The Labute approximate surface area is 206 Å². The zero-order valence-electron chi connectivity index (χ0n) is 21.4. The van der Waals surface area contributed by atoms with Crippen molar-refractivity contribution >= 4 is 11.8 Å². The van der Waals surface area contributed by atoms with Crippen LogP contribution in [0.15, 0.2) is 46.2 Å². The summed E-state index contributed by atoms with van der Waals surface area (Å²) in [6, 6.07) is 1.92. The van der Waals surface area contributed by atoms with E-state index in [1.54, 1.807) is 19.6 Å². The lowest BCUT2D eigenvalue weighted by Gasteiger charge is -2.63. The number of ether oxygens (including phenoxy) is 3. The van der Waals surface area contributed by atoms with Crippen molar-refractivity contribution in [1.82, 2.24) is 0 Å². The molecule has 2 fully saturated rings. The second kappa shape index (κ2) is 7.99. The van der Waals surface area contributed by atoms with Gasteiger partial charge in [0.2, 0.25) is 0 Å². The maximum absolute atomic E-state index is 14.0. The number of ketones is 1. The van der Waals surface area contributed by atoms with Crippen molar-refractivity contribution in [1.29, 1.82) is 0 Å². The number of hydrogen-bond donors (Lipinski definition) is 1. The summed E-state index contributed by atoms with van der Waals surface area (Å²) >= 11 is 0. The van der Waals surface area contributed by atoms with Crippen molar-refractivity contribution in [3.05, 3.63) is 47.3 Å². The molecule has 7 nitrogen and oxygen atoms in total. The predicted octanol–water partition coefficient (Wildman–Crippen LogP) is 4.73. The molecule has 7 atom stereocenters. The summed E-state index contributed by atoms with van der Waals surface area (Å²) in [5.74, 6) is -0.743. The third-order valence-corrected chi connectivity index (χ3v) is 9.85. The molecule has 2 bridgehead atoms. The first-order valence-electron chi connectivity index (χ1n) is 12.5. The number of rotatable bonds is 4. The van der Waals surface area contributed by atoms with Crippen LogP contribution in [0.25, 0.3) is 0 Å². The molecule has 1 N–H and O–H groups in total. The van der Waals surface area contributed by atoms with E-state index in [0.29, 0.717) is 12.4 Å². The second-order valence-electron chi connectivity index (χ2n) is 11.7. The van der Waals surface area contributed by atoms with Gasteiger partial charge in [-0.2, -0.15) is 0 Å². The van der Waals surface area contributed by atoms with Gasteiger partial charge in [0.15, 0.2) is 0 Å². The minimum Gasteiger partial charge on any atom is -0.472 e. The van der Waals surface area contributed by atoms with Crippen LogP contribution in [0.2, 0.25) is 0 Å². The molecule has 3 aliphatic carbocycles. The van der Waals surface area contributed by atoms with Crippen molar-refractivity contribution in [2.24, 2.45) is 34.0 Å². The Morgan fingerprint density at radius 3 is 2.60 bits per heavy atom. The van der Waals surface area contributed by atoms with Crippen LogP contribution in [0.1, 0.15) is 65.0 Å². The van der Waals surface area contributed by atoms with Gasteiger partial charge in [0, 0.05) is 34.8 Å². The molecule has 4 aliphatic rings. The summed E-state index contributed by atoms with van der Waals surface area (Å²) in [5.41, 5.74) is 1.50. The molecule has 1 aliphatic heterocycles. The first kappa shape index (κ1) is 24.2. The molecule has 190 valence electrons. The Balaban J connectivity index is 1.70. The summed E-state index contributed by atoms with van der Waals surface area (Å²) in [6.07, 6.45) is 6.39. The third kappa shape index (κ3) is 3.19. The minimum absolute atomic E-state index is 0.0341. The normalized spacial score (nSPS) is 39.7. The van der Waals surface area contributed by atoms with E-state index in [0.717, 1.165) is 24.0 Å². The number of methoxy groups -OCH3 is 2. The molecule has 1 aromatic rings. The fourth-order valence-electron chi connectivity index (χ4n) is 7.91. The van der Waals surface area contributed by atoms with Crippen LogP contribution in [0, 0.1) is 34.0 Å². The van der Waals surface area contributed by atoms with Gasteiger partial charge >= 0.3 is 5.97 Å². The average Bonchev–Trinajstić information content (AvgIpc) is 3.36. The molecule has 2 saturated carbocycles. The summed E-state index contributed by atoms with van der Waals surface area (Å²) in [6.45, 7) is 8.19. The number of aliphatic hydroxyl groups excluding tert-OH is 1. The van der Waals surface area contributed by atoms with Gasteiger partial charge in [0.25, 0.3) is 5.95 Å². The Morgan fingerprint density at radius 1 is 1.23 bits per heavy atom. The van der Waals surface area contributed by atoms with Crippen molar-refractivity contribution in [2.75, 3.05) is 14.2 Å². The molecule has 5 unspecified atom stereocenters. The fraction of sp³-hybridized carbons (Fsp3) is 0.643. The Kier molecular flexibility index (Phi) is 5.51. The smallest absolute Gasteiger partial charge is 0.305 e. The zero-order chi connectivity index (χ0) is 25.3. The highest BCUT2D eigenvalue weighted by atomic mass is 16.7. The van der Waals surface area contributed by atoms with Crippen molar-refractivity contribution in [2.45, 2.75) is 65.6 Å². The van der Waals surface area contributed by atoms with Gasteiger partial charge in [-0.05, 0) is 48.2 Å². The Bertz CT molecular complexity index is 1100. The van der Waals surface area contributed by atoms with E-state index in [4.69, 9.17) is 18.6 Å². The van der Waals surface area contributed by atoms with Gasteiger partial charge < -0.3 is 23.7 Å². The Hall–Kier alpha value is -2.54. The van der Waals surface area contributed by atoms with E-state index < -0.39 is 22.9 Å². The summed E-state index contributed by atoms with van der Waals surface area (Å²) in [7, 11) is 2.96. The maximum Gasteiger partial charge on any atom is 0.305 e. The molecular formula is C28H36O7. The maximum atomic E-state index is 14.0. The molecular weight excluding hydrogens is 448 g/mol. The van der Waals surface area contributed by atoms with E-state index in [9.17, 15) is 14.7 Å². The molecule has 35 heavy (non-hydrogen) atoms. The van der Waals surface area contributed by atoms with Gasteiger partial charge in [-0.3, -0.25) is 9.59 Å². The lowest BCUT2D eigenvalue weighted by molar-refractivity contribution is -0.185. The first-order chi connectivity index (χ1) is 16.5. The van der Waals surface area contributed by atoms with E-state index >= 15 is 0 Å². The number of hydrogen-bond acceptors (Lipinski definition) is 7. The van der Waals surface area contributed by atoms with Crippen molar-refractivity contribution < 1.29 is 33.3 Å². The van der Waals surface area contributed by atoms with Gasteiger partial charge in [-0.1, -0.05) is 33.3 Å². The van der Waals surface area contributed by atoms with Crippen LogP contribution >= 0.6 is 0 Å². The molecule has 0 radical (unpaired) electrons.